The molecule has 0 unspecified atom stereocenters. The van der Waals surface area contributed by atoms with Crippen LogP contribution >= 0.6 is 0 Å². The van der Waals surface area contributed by atoms with E-state index in [0.717, 1.165) is 11.3 Å². The molecule has 110 valence electrons. The van der Waals surface area contributed by atoms with Gasteiger partial charge in [-0.3, -0.25) is 4.79 Å². The predicted molar refractivity (Wildman–Crippen MR) is 75.6 cm³/mol. The minimum atomic E-state index is -0.413. The number of ether oxygens (including phenoxy) is 3. The molecule has 4 atom stereocenters. The summed E-state index contributed by atoms with van der Waals surface area (Å²) in [7, 11) is 1.63. The maximum absolute atomic E-state index is 11.6. The average Bonchev–Trinajstić information content (AvgIpc) is 2.47. The van der Waals surface area contributed by atoms with E-state index < -0.39 is 6.29 Å². The summed E-state index contributed by atoms with van der Waals surface area (Å²) in [6, 6.07) is 7.61. The monoisotopic (exact) mass is 278 g/mol. The molecule has 1 aliphatic rings. The van der Waals surface area contributed by atoms with Crippen molar-refractivity contribution in [3.05, 3.63) is 29.8 Å². The van der Waals surface area contributed by atoms with Crippen LogP contribution in [0.3, 0.4) is 0 Å². The molecule has 0 N–H and O–H groups in total. The molecule has 0 aliphatic carbocycles. The maximum atomic E-state index is 11.6. The van der Waals surface area contributed by atoms with E-state index in [4.69, 9.17) is 14.2 Å². The van der Waals surface area contributed by atoms with Crippen LogP contribution in [0.15, 0.2) is 24.3 Å². The summed E-state index contributed by atoms with van der Waals surface area (Å²) in [5, 5.41) is 0. The van der Waals surface area contributed by atoms with Gasteiger partial charge in [0.1, 0.15) is 11.5 Å². The summed E-state index contributed by atoms with van der Waals surface area (Å²) < 4.78 is 16.9. The van der Waals surface area contributed by atoms with E-state index in [9.17, 15) is 4.79 Å². The van der Waals surface area contributed by atoms with Crippen LogP contribution in [0.5, 0.6) is 5.75 Å². The lowest BCUT2D eigenvalue weighted by molar-refractivity contribution is -0.247. The molecule has 1 fully saturated rings. The van der Waals surface area contributed by atoms with E-state index in [-0.39, 0.29) is 23.7 Å². The first-order valence-electron chi connectivity index (χ1n) is 6.94. The first-order chi connectivity index (χ1) is 9.52. The molecule has 0 saturated carbocycles. The first-order valence-corrected chi connectivity index (χ1v) is 6.94. The van der Waals surface area contributed by atoms with E-state index in [2.05, 4.69) is 0 Å². The van der Waals surface area contributed by atoms with E-state index >= 15 is 0 Å². The van der Waals surface area contributed by atoms with E-state index in [1.54, 1.807) is 14.0 Å². The number of hydrogen-bond acceptors (Lipinski definition) is 4. The number of benzene rings is 1. The van der Waals surface area contributed by atoms with Crippen LogP contribution in [-0.2, 0) is 14.3 Å². The first kappa shape index (κ1) is 15.0. The number of carbonyl (C=O) groups is 1. The lowest BCUT2D eigenvalue weighted by Gasteiger charge is -2.37. The SMILES string of the molecule is COc1ccc([C@@H]2OC[C@H](C)[C@H]([C@@H](C)C(C)=O)O2)cc1. The fraction of sp³-hybridized carbons (Fsp3) is 0.562. The lowest BCUT2D eigenvalue weighted by atomic mass is 9.90. The van der Waals surface area contributed by atoms with Gasteiger partial charge in [-0.1, -0.05) is 26.0 Å². The van der Waals surface area contributed by atoms with Gasteiger partial charge in [-0.05, 0) is 19.1 Å². The van der Waals surface area contributed by atoms with Crippen LogP contribution in [0.4, 0.5) is 0 Å². The van der Waals surface area contributed by atoms with E-state index in [1.807, 2.05) is 38.1 Å². The van der Waals surface area contributed by atoms with Gasteiger partial charge in [-0.15, -0.1) is 0 Å². The molecule has 1 heterocycles. The molecule has 1 aromatic carbocycles. The summed E-state index contributed by atoms with van der Waals surface area (Å²) in [6.45, 7) is 6.17. The zero-order valence-electron chi connectivity index (χ0n) is 12.5. The minimum absolute atomic E-state index is 0.103. The molecule has 2 rings (SSSR count). The molecule has 0 radical (unpaired) electrons. The van der Waals surface area contributed by atoms with Crippen molar-refractivity contribution < 1.29 is 19.0 Å². The molecule has 0 bridgehead atoms. The van der Waals surface area contributed by atoms with Gasteiger partial charge >= 0.3 is 0 Å². The van der Waals surface area contributed by atoms with Crippen molar-refractivity contribution in [2.75, 3.05) is 13.7 Å². The number of rotatable bonds is 4. The van der Waals surface area contributed by atoms with Crippen LogP contribution in [0, 0.1) is 11.8 Å². The van der Waals surface area contributed by atoms with E-state index in [1.165, 1.54) is 0 Å². The van der Waals surface area contributed by atoms with Crippen molar-refractivity contribution in [3.63, 3.8) is 0 Å². The fourth-order valence-electron chi connectivity index (χ4n) is 2.43. The Balaban J connectivity index is 2.11. The number of hydrogen-bond donors (Lipinski definition) is 0. The maximum Gasteiger partial charge on any atom is 0.184 e. The molecule has 20 heavy (non-hydrogen) atoms. The summed E-state index contributed by atoms with van der Waals surface area (Å²) in [6.07, 6.45) is -0.516. The summed E-state index contributed by atoms with van der Waals surface area (Å²) in [5.74, 6) is 1.04. The van der Waals surface area contributed by atoms with Crippen molar-refractivity contribution >= 4 is 5.78 Å². The highest BCUT2D eigenvalue weighted by molar-refractivity contribution is 5.78. The number of ketones is 1. The third-order valence-electron chi connectivity index (χ3n) is 3.87. The lowest BCUT2D eigenvalue weighted by Crippen LogP contribution is -2.41. The number of carbonyl (C=O) groups excluding carboxylic acids is 1. The molecule has 0 aromatic heterocycles. The molecular formula is C16H22O4. The Bertz CT molecular complexity index is 454. The van der Waals surface area contributed by atoms with Gasteiger partial charge in [0, 0.05) is 17.4 Å². The average molecular weight is 278 g/mol. The van der Waals surface area contributed by atoms with Gasteiger partial charge in [0.2, 0.25) is 0 Å². The second kappa shape index (κ2) is 6.37. The Morgan fingerprint density at radius 2 is 2.00 bits per heavy atom. The minimum Gasteiger partial charge on any atom is -0.497 e. The second-order valence-corrected chi connectivity index (χ2v) is 5.42. The van der Waals surface area contributed by atoms with Gasteiger partial charge in [-0.2, -0.15) is 0 Å². The zero-order chi connectivity index (χ0) is 14.7. The van der Waals surface area contributed by atoms with E-state index in [0.29, 0.717) is 6.61 Å². The molecule has 1 saturated heterocycles. The van der Waals surface area contributed by atoms with Crippen LogP contribution in [0.1, 0.15) is 32.6 Å². The van der Waals surface area contributed by atoms with Crippen LogP contribution < -0.4 is 4.74 Å². The van der Waals surface area contributed by atoms with Crippen molar-refractivity contribution in [3.8, 4) is 5.75 Å². The highest BCUT2D eigenvalue weighted by Gasteiger charge is 2.35. The Morgan fingerprint density at radius 1 is 1.35 bits per heavy atom. The fourth-order valence-corrected chi connectivity index (χ4v) is 2.43. The largest absolute Gasteiger partial charge is 0.497 e. The quantitative estimate of drug-likeness (QED) is 0.849. The van der Waals surface area contributed by atoms with Gasteiger partial charge in [0.25, 0.3) is 0 Å². The molecule has 4 heteroatoms. The third kappa shape index (κ3) is 3.19. The van der Waals surface area contributed by atoms with Crippen LogP contribution in [-0.4, -0.2) is 25.6 Å². The number of Topliss-reactive ketones (excluding diaryl/α,β-unsaturated/α-hetero) is 1. The summed E-state index contributed by atoms with van der Waals surface area (Å²) >= 11 is 0. The van der Waals surface area contributed by atoms with Crippen molar-refractivity contribution in [2.24, 2.45) is 11.8 Å². The Kier molecular flexibility index (Phi) is 4.78. The Labute approximate surface area is 120 Å². The molecule has 1 aliphatic heterocycles. The van der Waals surface area contributed by atoms with Gasteiger partial charge in [0.05, 0.1) is 19.8 Å². The highest BCUT2D eigenvalue weighted by atomic mass is 16.7. The molecule has 1 aromatic rings. The van der Waals surface area contributed by atoms with Gasteiger partial charge < -0.3 is 14.2 Å². The van der Waals surface area contributed by atoms with Gasteiger partial charge in [-0.25, -0.2) is 0 Å². The molecule has 4 nitrogen and oxygen atoms in total. The topological polar surface area (TPSA) is 44.8 Å². The van der Waals surface area contributed by atoms with Crippen LogP contribution in [0.25, 0.3) is 0 Å². The summed E-state index contributed by atoms with van der Waals surface area (Å²) in [4.78, 5) is 11.6. The standard InChI is InChI=1S/C16H22O4/c1-10-9-19-16(20-15(10)11(2)12(3)17)13-5-7-14(18-4)8-6-13/h5-8,10-11,15-16H,9H2,1-4H3/t10-,11-,15+,16+/m0/s1. The molecular weight excluding hydrogens is 256 g/mol. The highest BCUT2D eigenvalue weighted by Crippen LogP contribution is 2.33. The van der Waals surface area contributed by atoms with Gasteiger partial charge in [0.15, 0.2) is 6.29 Å². The van der Waals surface area contributed by atoms with Crippen molar-refractivity contribution in [1.82, 2.24) is 0 Å². The molecule has 0 amide bonds. The second-order valence-electron chi connectivity index (χ2n) is 5.42. The zero-order valence-corrected chi connectivity index (χ0v) is 12.5. The van der Waals surface area contributed by atoms with Crippen LogP contribution in [0.2, 0.25) is 0 Å². The molecule has 0 spiro atoms. The van der Waals surface area contributed by atoms with Crippen molar-refractivity contribution in [1.29, 1.82) is 0 Å². The van der Waals surface area contributed by atoms with Crippen molar-refractivity contribution in [2.45, 2.75) is 33.2 Å². The summed E-state index contributed by atoms with van der Waals surface area (Å²) in [5.41, 5.74) is 0.943. The predicted octanol–water partition coefficient (Wildman–Crippen LogP) is 2.97. The Morgan fingerprint density at radius 3 is 2.55 bits per heavy atom. The normalized spacial score (nSPS) is 27.9. The third-order valence-corrected chi connectivity index (χ3v) is 3.87. The smallest absolute Gasteiger partial charge is 0.184 e. The number of methoxy groups -OCH3 is 1. The Hall–Kier alpha value is -1.39.